The van der Waals surface area contributed by atoms with Crippen LogP contribution in [0.2, 0.25) is 0 Å². The molecule has 1 rings (SSSR count). The van der Waals surface area contributed by atoms with Gasteiger partial charge in [0.15, 0.2) is 24.6 Å². The van der Waals surface area contributed by atoms with Crippen LogP contribution in [0.1, 0.15) is 27.7 Å². The fourth-order valence-corrected chi connectivity index (χ4v) is 2.39. The van der Waals surface area contributed by atoms with Gasteiger partial charge in [0, 0.05) is 34.8 Å². The van der Waals surface area contributed by atoms with Crippen molar-refractivity contribution in [2.75, 3.05) is 13.7 Å². The topological polar surface area (TPSA) is 124 Å². The summed E-state index contributed by atoms with van der Waals surface area (Å²) in [7, 11) is 1.31. The Balaban J connectivity index is 3.10. The fourth-order valence-electron chi connectivity index (χ4n) is 2.39. The van der Waals surface area contributed by atoms with Crippen LogP contribution in [0.4, 0.5) is 0 Å². The Morgan fingerprint density at radius 3 is 1.88 bits per heavy atom. The lowest BCUT2D eigenvalue weighted by Gasteiger charge is -2.27. The molecule has 0 aromatic carbocycles. The van der Waals surface area contributed by atoms with Gasteiger partial charge < -0.3 is 28.4 Å². The molecule has 0 bridgehead atoms. The van der Waals surface area contributed by atoms with Gasteiger partial charge in [0.2, 0.25) is 0 Å². The van der Waals surface area contributed by atoms with Gasteiger partial charge in [-0.1, -0.05) is 0 Å². The molecule has 1 aliphatic rings. The van der Waals surface area contributed by atoms with E-state index in [0.29, 0.717) is 0 Å². The zero-order chi connectivity index (χ0) is 19.1. The first-order chi connectivity index (χ1) is 11.6. The van der Waals surface area contributed by atoms with E-state index >= 15 is 0 Å². The first-order valence-electron chi connectivity index (χ1n) is 7.49. The summed E-state index contributed by atoms with van der Waals surface area (Å²) in [4.78, 5) is 45.2. The lowest BCUT2D eigenvalue weighted by atomic mass is 10.1. The highest BCUT2D eigenvalue weighted by Gasteiger charge is 2.53. The van der Waals surface area contributed by atoms with Crippen LogP contribution in [0, 0.1) is 0 Å². The third kappa shape index (κ3) is 6.31. The summed E-state index contributed by atoms with van der Waals surface area (Å²) in [5.74, 6) is -2.56. The summed E-state index contributed by atoms with van der Waals surface area (Å²) < 4.78 is 31.0. The van der Waals surface area contributed by atoms with Crippen molar-refractivity contribution in [3.63, 3.8) is 0 Å². The molecule has 0 amide bonds. The molecule has 1 aliphatic heterocycles. The van der Waals surface area contributed by atoms with Crippen molar-refractivity contribution >= 4 is 23.9 Å². The van der Waals surface area contributed by atoms with Crippen LogP contribution in [0.3, 0.4) is 0 Å². The molecule has 10 heteroatoms. The van der Waals surface area contributed by atoms with Crippen molar-refractivity contribution in [1.29, 1.82) is 0 Å². The Morgan fingerprint density at radius 1 is 0.880 bits per heavy atom. The van der Waals surface area contributed by atoms with Gasteiger partial charge in [-0.25, -0.2) is 0 Å². The molecule has 1 fully saturated rings. The van der Waals surface area contributed by atoms with E-state index < -0.39 is 54.6 Å². The van der Waals surface area contributed by atoms with E-state index in [2.05, 4.69) is 0 Å². The summed E-state index contributed by atoms with van der Waals surface area (Å²) >= 11 is 0. The second kappa shape index (κ2) is 9.33. The van der Waals surface area contributed by atoms with Crippen molar-refractivity contribution in [3.8, 4) is 0 Å². The van der Waals surface area contributed by atoms with Gasteiger partial charge in [0.05, 0.1) is 0 Å². The predicted molar refractivity (Wildman–Crippen MR) is 79.0 cm³/mol. The van der Waals surface area contributed by atoms with Crippen LogP contribution >= 0.6 is 0 Å². The average Bonchev–Trinajstić information content (AvgIpc) is 2.79. The molecule has 0 saturated carbocycles. The van der Waals surface area contributed by atoms with Gasteiger partial charge in [0.25, 0.3) is 0 Å². The Kier molecular flexibility index (Phi) is 7.78. The molecular formula is C15H22O10. The van der Waals surface area contributed by atoms with Crippen molar-refractivity contribution in [3.05, 3.63) is 0 Å². The molecular weight excluding hydrogens is 340 g/mol. The quantitative estimate of drug-likeness (QED) is 0.441. The van der Waals surface area contributed by atoms with Gasteiger partial charge in [-0.05, 0) is 0 Å². The number of methoxy groups -OCH3 is 1. The van der Waals surface area contributed by atoms with Gasteiger partial charge in [-0.2, -0.15) is 0 Å². The maximum absolute atomic E-state index is 11.4. The minimum absolute atomic E-state index is 0.333. The van der Waals surface area contributed by atoms with Gasteiger partial charge in [-0.15, -0.1) is 0 Å². The number of esters is 4. The van der Waals surface area contributed by atoms with Crippen molar-refractivity contribution < 1.29 is 47.6 Å². The van der Waals surface area contributed by atoms with Crippen molar-refractivity contribution in [2.24, 2.45) is 0 Å². The number of hydrogen-bond acceptors (Lipinski definition) is 10. The van der Waals surface area contributed by atoms with E-state index in [4.69, 9.17) is 28.4 Å². The Morgan fingerprint density at radius 2 is 1.44 bits per heavy atom. The first-order valence-corrected chi connectivity index (χ1v) is 7.49. The molecule has 0 N–H and O–H groups in total. The number of carbonyl (C=O) groups is 4. The molecule has 25 heavy (non-hydrogen) atoms. The van der Waals surface area contributed by atoms with E-state index in [9.17, 15) is 19.2 Å². The van der Waals surface area contributed by atoms with E-state index in [1.54, 1.807) is 0 Å². The minimum atomic E-state index is -1.12. The standard InChI is InChI=1S/C15H22O10/c1-7(16)21-6-11(22-8(2)17)12-13(23-9(3)18)14(24-10(4)19)15(20-5)25-12/h11-15H,6H2,1-5H3/t11-,12+,13+,14-,15-/m1/s1. The maximum Gasteiger partial charge on any atom is 0.303 e. The fraction of sp³-hybridized carbons (Fsp3) is 0.733. The Bertz CT molecular complexity index is 516. The molecule has 10 nitrogen and oxygen atoms in total. The SMILES string of the molecule is CO[C@@H]1O[C@@H]([C@@H](COC(C)=O)OC(C)=O)[C@H](OC(C)=O)[C@H]1OC(C)=O. The van der Waals surface area contributed by atoms with Gasteiger partial charge in [0.1, 0.15) is 12.7 Å². The highest BCUT2D eigenvalue weighted by Crippen LogP contribution is 2.31. The van der Waals surface area contributed by atoms with E-state index in [-0.39, 0.29) is 6.61 Å². The highest BCUT2D eigenvalue weighted by molar-refractivity contribution is 5.68. The van der Waals surface area contributed by atoms with Crippen LogP contribution in [-0.2, 0) is 47.6 Å². The summed E-state index contributed by atoms with van der Waals surface area (Å²) in [5, 5.41) is 0. The number of hydrogen-bond donors (Lipinski definition) is 0. The third-order valence-corrected chi connectivity index (χ3v) is 3.18. The molecule has 0 unspecified atom stereocenters. The second-order valence-electron chi connectivity index (χ2n) is 5.30. The molecule has 0 aromatic heterocycles. The third-order valence-electron chi connectivity index (χ3n) is 3.18. The lowest BCUT2D eigenvalue weighted by molar-refractivity contribution is -0.191. The summed E-state index contributed by atoms with van der Waals surface area (Å²) in [6.45, 7) is 4.35. The second-order valence-corrected chi connectivity index (χ2v) is 5.30. The zero-order valence-electron chi connectivity index (χ0n) is 14.7. The Labute approximate surface area is 144 Å². The van der Waals surface area contributed by atoms with Crippen LogP contribution in [0.15, 0.2) is 0 Å². The van der Waals surface area contributed by atoms with Crippen LogP contribution < -0.4 is 0 Å². The van der Waals surface area contributed by atoms with Crippen LogP contribution in [0.5, 0.6) is 0 Å². The van der Waals surface area contributed by atoms with Crippen LogP contribution in [-0.4, -0.2) is 68.3 Å². The Hall–Kier alpha value is -2.20. The van der Waals surface area contributed by atoms with Crippen molar-refractivity contribution in [2.45, 2.75) is 58.4 Å². The monoisotopic (exact) mass is 362 g/mol. The molecule has 0 spiro atoms. The van der Waals surface area contributed by atoms with Crippen LogP contribution in [0.25, 0.3) is 0 Å². The molecule has 0 radical (unpaired) electrons. The number of ether oxygens (including phenoxy) is 6. The normalized spacial score (nSPS) is 26.4. The molecule has 142 valence electrons. The van der Waals surface area contributed by atoms with E-state index in [1.165, 1.54) is 21.0 Å². The molecule has 1 heterocycles. The zero-order valence-corrected chi connectivity index (χ0v) is 14.7. The summed E-state index contributed by atoms with van der Waals surface area (Å²) in [5.41, 5.74) is 0. The molecule has 5 atom stereocenters. The molecule has 0 aliphatic carbocycles. The van der Waals surface area contributed by atoms with Gasteiger partial charge in [-0.3, -0.25) is 19.2 Å². The smallest absolute Gasteiger partial charge is 0.303 e. The van der Waals surface area contributed by atoms with Gasteiger partial charge >= 0.3 is 23.9 Å². The lowest BCUT2D eigenvalue weighted by Crippen LogP contribution is -2.46. The van der Waals surface area contributed by atoms with E-state index in [1.807, 2.05) is 0 Å². The van der Waals surface area contributed by atoms with Crippen molar-refractivity contribution in [1.82, 2.24) is 0 Å². The largest absolute Gasteiger partial charge is 0.462 e. The first kappa shape index (κ1) is 20.8. The summed E-state index contributed by atoms with van der Waals surface area (Å²) in [6.07, 6.45) is -5.42. The average molecular weight is 362 g/mol. The minimum Gasteiger partial charge on any atom is -0.462 e. The summed E-state index contributed by atoms with van der Waals surface area (Å²) in [6, 6.07) is 0. The molecule has 1 saturated heterocycles. The highest BCUT2D eigenvalue weighted by atomic mass is 16.7. The molecule has 0 aromatic rings. The number of carbonyl (C=O) groups excluding carboxylic acids is 4. The maximum atomic E-state index is 11.4. The predicted octanol–water partition coefficient (Wildman–Crippen LogP) is -0.284. The number of rotatable bonds is 7. The van der Waals surface area contributed by atoms with E-state index in [0.717, 1.165) is 13.8 Å².